The van der Waals surface area contributed by atoms with Gasteiger partial charge in [0.1, 0.15) is 5.75 Å². The van der Waals surface area contributed by atoms with Gasteiger partial charge < -0.3 is 20.3 Å². The maximum atomic E-state index is 12.6. The zero-order valence-electron chi connectivity index (χ0n) is 22.7. The van der Waals surface area contributed by atoms with Crippen molar-refractivity contribution in [3.63, 3.8) is 0 Å². The maximum absolute atomic E-state index is 12.6. The zero-order valence-corrected chi connectivity index (χ0v) is 22.7. The van der Waals surface area contributed by atoms with Crippen molar-refractivity contribution in [3.8, 4) is 5.75 Å². The molecular formula is C29H44N2O6. The summed E-state index contributed by atoms with van der Waals surface area (Å²) in [5.41, 5.74) is 1.16. The number of allylic oxidation sites excluding steroid dienone is 1. The van der Waals surface area contributed by atoms with Gasteiger partial charge in [-0.25, -0.2) is 19.3 Å². The highest BCUT2D eigenvalue weighted by molar-refractivity contribution is 5.99. The largest absolute Gasteiger partial charge is 0.496 e. The van der Waals surface area contributed by atoms with E-state index in [4.69, 9.17) is 4.74 Å². The molecule has 1 unspecified atom stereocenters. The molecule has 206 valence electrons. The number of aryl methyl sites for hydroxylation is 1. The number of carbonyl (C=O) groups excluding carboxylic acids is 1. The number of methoxy groups -OCH3 is 1. The van der Waals surface area contributed by atoms with Crippen molar-refractivity contribution >= 4 is 18.1 Å². The topological polar surface area (TPSA) is 116 Å². The lowest BCUT2D eigenvalue weighted by atomic mass is 9.88. The van der Waals surface area contributed by atoms with E-state index < -0.39 is 24.1 Å². The van der Waals surface area contributed by atoms with Gasteiger partial charge in [-0.15, -0.1) is 0 Å². The van der Waals surface area contributed by atoms with Gasteiger partial charge in [0.05, 0.1) is 18.7 Å². The maximum Gasteiger partial charge on any atom is 0.419 e. The smallest absolute Gasteiger partial charge is 0.419 e. The van der Waals surface area contributed by atoms with Gasteiger partial charge in [0.15, 0.2) is 0 Å². The van der Waals surface area contributed by atoms with Crippen LogP contribution in [0.4, 0.5) is 9.59 Å². The van der Waals surface area contributed by atoms with Gasteiger partial charge in [-0.1, -0.05) is 96.1 Å². The molecule has 1 heterocycles. The molecule has 1 aliphatic heterocycles. The molecule has 8 nitrogen and oxygen atoms in total. The Hall–Kier alpha value is -3.03. The van der Waals surface area contributed by atoms with Crippen molar-refractivity contribution in [1.29, 1.82) is 0 Å². The third-order valence-electron chi connectivity index (χ3n) is 7.12. The minimum atomic E-state index is -1.53. The number of aliphatic carboxylic acids is 1. The number of benzene rings is 1. The molecule has 1 aromatic carbocycles. The molecule has 0 bridgehead atoms. The predicted molar refractivity (Wildman–Crippen MR) is 144 cm³/mol. The molecule has 8 heteroatoms. The molecule has 1 aromatic rings. The first-order chi connectivity index (χ1) is 17.8. The molecule has 0 saturated carbocycles. The van der Waals surface area contributed by atoms with Crippen LogP contribution in [-0.4, -0.2) is 40.3 Å². The molecule has 1 atom stereocenters. The molecule has 0 aromatic heterocycles. The molecule has 0 fully saturated rings. The second kappa shape index (κ2) is 15.9. The van der Waals surface area contributed by atoms with E-state index in [9.17, 15) is 24.6 Å². The first-order valence-corrected chi connectivity index (χ1v) is 13.8. The highest BCUT2D eigenvalue weighted by Gasteiger charge is 2.40. The van der Waals surface area contributed by atoms with E-state index in [1.807, 2.05) is 12.1 Å². The van der Waals surface area contributed by atoms with Gasteiger partial charge in [-0.3, -0.25) is 0 Å². The Bertz CT molecular complexity index is 942. The third-order valence-corrected chi connectivity index (χ3v) is 7.12. The average Bonchev–Trinajstić information content (AvgIpc) is 2.85. The van der Waals surface area contributed by atoms with Gasteiger partial charge in [0.2, 0.25) is 0 Å². The van der Waals surface area contributed by atoms with E-state index in [1.165, 1.54) is 78.2 Å². The second-order valence-electron chi connectivity index (χ2n) is 9.83. The number of urea groups is 1. The van der Waals surface area contributed by atoms with Crippen molar-refractivity contribution < 1.29 is 29.3 Å². The number of imide groups is 1. The minimum Gasteiger partial charge on any atom is -0.496 e. The van der Waals surface area contributed by atoms with Crippen LogP contribution in [0.15, 0.2) is 29.5 Å². The van der Waals surface area contributed by atoms with Crippen LogP contribution >= 0.6 is 0 Å². The standard InChI is InChI=1S/C29H44N2O6/c1-4-5-6-7-8-9-10-11-12-13-14-15-16-18-22-19-17-20-23(37-3)25(22)26-24(27(32)33)21(2)31(29(35)36)28(34)30-26/h17,19-20,26H,4-16,18H2,1-3H3,(H,30,34)(H,32,33)(H,35,36). The van der Waals surface area contributed by atoms with Gasteiger partial charge >= 0.3 is 18.1 Å². The fourth-order valence-corrected chi connectivity index (χ4v) is 5.11. The Morgan fingerprint density at radius 3 is 1.95 bits per heavy atom. The molecule has 0 saturated heterocycles. The first-order valence-electron chi connectivity index (χ1n) is 13.8. The Labute approximate surface area is 221 Å². The summed E-state index contributed by atoms with van der Waals surface area (Å²) < 4.78 is 5.53. The summed E-state index contributed by atoms with van der Waals surface area (Å²) in [6.07, 6.45) is 15.5. The monoisotopic (exact) mass is 516 g/mol. The van der Waals surface area contributed by atoms with Crippen molar-refractivity contribution in [2.75, 3.05) is 7.11 Å². The van der Waals surface area contributed by atoms with Crippen LogP contribution in [0.5, 0.6) is 5.75 Å². The van der Waals surface area contributed by atoms with Gasteiger partial charge in [0, 0.05) is 11.3 Å². The number of carbonyl (C=O) groups is 3. The molecule has 37 heavy (non-hydrogen) atoms. The van der Waals surface area contributed by atoms with Gasteiger partial charge in [0.25, 0.3) is 0 Å². The number of unbranched alkanes of at least 4 members (excludes halogenated alkanes) is 12. The fraction of sp³-hybridized carbons (Fsp3) is 0.621. The predicted octanol–water partition coefficient (Wildman–Crippen LogP) is 7.43. The summed E-state index contributed by atoms with van der Waals surface area (Å²) in [7, 11) is 1.50. The second-order valence-corrected chi connectivity index (χ2v) is 9.83. The van der Waals surface area contributed by atoms with Gasteiger partial charge in [-0.05, 0) is 31.4 Å². The Kier molecular flexibility index (Phi) is 13.0. The molecule has 3 N–H and O–H groups in total. The molecule has 2 rings (SSSR count). The number of hydrogen-bond acceptors (Lipinski definition) is 4. The van der Waals surface area contributed by atoms with Crippen LogP contribution in [0.2, 0.25) is 0 Å². The molecule has 0 radical (unpaired) electrons. The number of carboxylic acid groups (broad SMARTS) is 2. The molecular weight excluding hydrogens is 472 g/mol. The van der Waals surface area contributed by atoms with Gasteiger partial charge in [-0.2, -0.15) is 0 Å². The first kappa shape index (κ1) is 30.2. The lowest BCUT2D eigenvalue weighted by Gasteiger charge is -2.33. The van der Waals surface area contributed by atoms with E-state index in [0.717, 1.165) is 24.8 Å². The molecule has 3 amide bonds. The fourth-order valence-electron chi connectivity index (χ4n) is 5.11. The van der Waals surface area contributed by atoms with Crippen LogP contribution in [0, 0.1) is 0 Å². The van der Waals surface area contributed by atoms with E-state index in [1.54, 1.807) is 6.07 Å². The van der Waals surface area contributed by atoms with Crippen molar-refractivity contribution in [2.24, 2.45) is 0 Å². The third kappa shape index (κ3) is 8.79. The SMILES string of the molecule is CCCCCCCCCCCCCCCc1cccc(OC)c1C1NC(=O)N(C(=O)O)C(C)=C1C(=O)O. The van der Waals surface area contributed by atoms with E-state index in [2.05, 4.69) is 12.2 Å². The lowest BCUT2D eigenvalue weighted by molar-refractivity contribution is -0.133. The highest BCUT2D eigenvalue weighted by atomic mass is 16.5. The summed E-state index contributed by atoms with van der Waals surface area (Å²) in [6, 6.07) is 3.62. The quantitative estimate of drug-likeness (QED) is 0.185. The van der Waals surface area contributed by atoms with Crippen LogP contribution in [0.25, 0.3) is 0 Å². The number of ether oxygens (including phenoxy) is 1. The molecule has 0 spiro atoms. The Morgan fingerprint density at radius 2 is 1.46 bits per heavy atom. The number of amides is 3. The summed E-state index contributed by atoms with van der Waals surface area (Å²) in [4.78, 5) is 36.7. The van der Waals surface area contributed by atoms with Crippen LogP contribution < -0.4 is 10.1 Å². The zero-order chi connectivity index (χ0) is 27.2. The number of hydrogen-bond donors (Lipinski definition) is 3. The van der Waals surface area contributed by atoms with E-state index in [0.29, 0.717) is 22.6 Å². The van der Waals surface area contributed by atoms with Crippen LogP contribution in [-0.2, 0) is 11.2 Å². The highest BCUT2D eigenvalue weighted by Crippen LogP contribution is 2.38. The minimum absolute atomic E-state index is 0.119. The van der Waals surface area contributed by atoms with Crippen molar-refractivity contribution in [1.82, 2.24) is 10.2 Å². The normalized spacial score (nSPS) is 15.6. The van der Waals surface area contributed by atoms with E-state index >= 15 is 0 Å². The Balaban J connectivity index is 1.95. The summed E-state index contributed by atoms with van der Waals surface area (Å²) >= 11 is 0. The average molecular weight is 517 g/mol. The summed E-state index contributed by atoms with van der Waals surface area (Å²) in [5, 5.41) is 21.9. The number of nitrogens with one attached hydrogen (secondary N) is 1. The number of rotatable bonds is 17. The summed E-state index contributed by atoms with van der Waals surface area (Å²) in [6.45, 7) is 3.58. The van der Waals surface area contributed by atoms with E-state index in [-0.39, 0.29) is 11.3 Å². The summed E-state index contributed by atoms with van der Waals surface area (Å²) in [5.74, 6) is -0.820. The van der Waals surface area contributed by atoms with Crippen molar-refractivity contribution in [3.05, 3.63) is 40.6 Å². The number of nitrogens with zero attached hydrogens (tertiary/aromatic N) is 1. The lowest BCUT2D eigenvalue weighted by Crippen LogP contribution is -2.50. The van der Waals surface area contributed by atoms with Crippen LogP contribution in [0.3, 0.4) is 0 Å². The van der Waals surface area contributed by atoms with Crippen molar-refractivity contribution in [2.45, 2.75) is 110 Å². The number of carboxylic acids is 1. The van der Waals surface area contributed by atoms with Crippen LogP contribution in [0.1, 0.15) is 114 Å². The Morgan fingerprint density at radius 1 is 0.919 bits per heavy atom. The molecule has 1 aliphatic rings. The molecule has 0 aliphatic carbocycles.